The SMILES string of the molecule is CCc1cc(CNCC(C)C)cc(OC2CCOCC2)n1. The number of nitrogens with zero attached hydrogens (tertiary/aromatic N) is 1. The Labute approximate surface area is 128 Å². The van der Waals surface area contributed by atoms with Gasteiger partial charge in [0, 0.05) is 31.1 Å². The van der Waals surface area contributed by atoms with Crippen LogP contribution in [0.2, 0.25) is 0 Å². The van der Waals surface area contributed by atoms with E-state index in [-0.39, 0.29) is 6.10 Å². The predicted octanol–water partition coefficient (Wildman–Crippen LogP) is 2.95. The molecule has 0 saturated carbocycles. The molecular weight excluding hydrogens is 264 g/mol. The molecule has 1 N–H and O–H groups in total. The van der Waals surface area contributed by atoms with Crippen LogP contribution in [-0.4, -0.2) is 30.8 Å². The topological polar surface area (TPSA) is 43.4 Å². The normalized spacial score (nSPS) is 16.4. The Hall–Kier alpha value is -1.13. The van der Waals surface area contributed by atoms with Crippen molar-refractivity contribution in [3.8, 4) is 5.88 Å². The summed E-state index contributed by atoms with van der Waals surface area (Å²) >= 11 is 0. The molecule has 21 heavy (non-hydrogen) atoms. The van der Waals surface area contributed by atoms with Gasteiger partial charge in [0.05, 0.1) is 13.2 Å². The standard InChI is InChI=1S/C17H28N2O2/c1-4-15-9-14(12-18-11-13(2)3)10-17(19-15)21-16-5-7-20-8-6-16/h9-10,13,16,18H,4-8,11-12H2,1-3H3. The van der Waals surface area contributed by atoms with Crippen molar-refractivity contribution in [1.29, 1.82) is 0 Å². The van der Waals surface area contributed by atoms with Crippen LogP contribution in [0.5, 0.6) is 5.88 Å². The van der Waals surface area contributed by atoms with Gasteiger partial charge in [0.25, 0.3) is 0 Å². The maximum absolute atomic E-state index is 6.05. The second kappa shape index (κ2) is 8.35. The molecule has 1 aromatic heterocycles. The van der Waals surface area contributed by atoms with Crippen LogP contribution in [0.1, 0.15) is 44.9 Å². The average molecular weight is 292 g/mol. The molecule has 1 saturated heterocycles. The average Bonchev–Trinajstić information content (AvgIpc) is 2.47. The van der Waals surface area contributed by atoms with Crippen molar-refractivity contribution in [2.75, 3.05) is 19.8 Å². The number of hydrogen-bond donors (Lipinski definition) is 1. The molecule has 1 fully saturated rings. The van der Waals surface area contributed by atoms with E-state index in [2.05, 4.69) is 43.2 Å². The first-order valence-electron chi connectivity index (χ1n) is 8.12. The Balaban J connectivity index is 1.98. The van der Waals surface area contributed by atoms with Crippen LogP contribution in [0.25, 0.3) is 0 Å². The second-order valence-corrected chi connectivity index (χ2v) is 6.11. The summed E-state index contributed by atoms with van der Waals surface area (Å²) < 4.78 is 11.4. The third kappa shape index (κ3) is 5.64. The molecule has 0 spiro atoms. The van der Waals surface area contributed by atoms with E-state index in [9.17, 15) is 0 Å². The minimum absolute atomic E-state index is 0.245. The van der Waals surface area contributed by atoms with Crippen molar-refractivity contribution in [3.63, 3.8) is 0 Å². The minimum atomic E-state index is 0.245. The van der Waals surface area contributed by atoms with Crippen LogP contribution in [0, 0.1) is 5.92 Å². The molecule has 1 aromatic rings. The summed E-state index contributed by atoms with van der Waals surface area (Å²) in [6.45, 7) is 10.1. The van der Waals surface area contributed by atoms with E-state index in [0.717, 1.165) is 57.1 Å². The molecule has 1 aliphatic heterocycles. The van der Waals surface area contributed by atoms with E-state index in [1.165, 1.54) is 5.56 Å². The Morgan fingerprint density at radius 3 is 2.76 bits per heavy atom. The number of nitrogens with one attached hydrogen (secondary N) is 1. The fraction of sp³-hybridized carbons (Fsp3) is 0.706. The molecule has 0 atom stereocenters. The molecule has 0 radical (unpaired) electrons. The lowest BCUT2D eigenvalue weighted by atomic mass is 10.1. The van der Waals surface area contributed by atoms with Crippen molar-refractivity contribution >= 4 is 0 Å². The van der Waals surface area contributed by atoms with Crippen LogP contribution in [-0.2, 0) is 17.7 Å². The highest BCUT2D eigenvalue weighted by Crippen LogP contribution is 2.19. The second-order valence-electron chi connectivity index (χ2n) is 6.11. The molecule has 0 amide bonds. The molecule has 0 bridgehead atoms. The Kier molecular flexibility index (Phi) is 6.46. The molecule has 4 nitrogen and oxygen atoms in total. The Bertz CT molecular complexity index is 429. The summed E-state index contributed by atoms with van der Waals surface area (Å²) in [5, 5.41) is 3.48. The number of aryl methyl sites for hydroxylation is 1. The van der Waals surface area contributed by atoms with Crippen LogP contribution in [0.4, 0.5) is 0 Å². The fourth-order valence-corrected chi connectivity index (χ4v) is 2.43. The lowest BCUT2D eigenvalue weighted by Gasteiger charge is -2.23. The van der Waals surface area contributed by atoms with Gasteiger partial charge in [-0.15, -0.1) is 0 Å². The van der Waals surface area contributed by atoms with Gasteiger partial charge in [-0.25, -0.2) is 4.98 Å². The number of aromatic nitrogens is 1. The first kappa shape index (κ1) is 16.2. The van der Waals surface area contributed by atoms with E-state index in [4.69, 9.17) is 9.47 Å². The highest BCUT2D eigenvalue weighted by atomic mass is 16.5. The zero-order valence-electron chi connectivity index (χ0n) is 13.5. The van der Waals surface area contributed by atoms with Gasteiger partial charge in [0.2, 0.25) is 5.88 Å². The van der Waals surface area contributed by atoms with Crippen molar-refractivity contribution in [2.45, 2.75) is 52.7 Å². The summed E-state index contributed by atoms with van der Waals surface area (Å²) in [5.41, 5.74) is 2.35. The molecule has 2 rings (SSSR count). The van der Waals surface area contributed by atoms with Crippen molar-refractivity contribution in [2.24, 2.45) is 5.92 Å². The van der Waals surface area contributed by atoms with E-state index in [1.54, 1.807) is 0 Å². The van der Waals surface area contributed by atoms with Crippen molar-refractivity contribution < 1.29 is 9.47 Å². The Morgan fingerprint density at radius 2 is 2.10 bits per heavy atom. The van der Waals surface area contributed by atoms with Crippen molar-refractivity contribution in [3.05, 3.63) is 23.4 Å². The third-order valence-corrected chi connectivity index (χ3v) is 3.61. The lowest BCUT2D eigenvalue weighted by molar-refractivity contribution is 0.0236. The third-order valence-electron chi connectivity index (χ3n) is 3.61. The smallest absolute Gasteiger partial charge is 0.214 e. The van der Waals surface area contributed by atoms with Crippen LogP contribution in [0.15, 0.2) is 12.1 Å². The maximum Gasteiger partial charge on any atom is 0.214 e. The van der Waals surface area contributed by atoms with Gasteiger partial charge in [-0.05, 0) is 30.5 Å². The molecule has 118 valence electrons. The Morgan fingerprint density at radius 1 is 1.33 bits per heavy atom. The largest absolute Gasteiger partial charge is 0.474 e. The van der Waals surface area contributed by atoms with Crippen molar-refractivity contribution in [1.82, 2.24) is 10.3 Å². The molecule has 2 heterocycles. The summed E-state index contributed by atoms with van der Waals surface area (Å²) in [6, 6.07) is 4.24. The van der Waals surface area contributed by atoms with Crippen LogP contribution >= 0.6 is 0 Å². The predicted molar refractivity (Wildman–Crippen MR) is 84.6 cm³/mol. The highest BCUT2D eigenvalue weighted by Gasteiger charge is 2.16. The minimum Gasteiger partial charge on any atom is -0.474 e. The first-order chi connectivity index (χ1) is 10.2. The molecule has 4 heteroatoms. The lowest BCUT2D eigenvalue weighted by Crippen LogP contribution is -2.26. The van der Waals surface area contributed by atoms with Gasteiger partial charge >= 0.3 is 0 Å². The zero-order chi connectivity index (χ0) is 15.1. The van der Waals surface area contributed by atoms with Gasteiger partial charge in [-0.2, -0.15) is 0 Å². The fourth-order valence-electron chi connectivity index (χ4n) is 2.43. The van der Waals surface area contributed by atoms with Gasteiger partial charge in [0.15, 0.2) is 0 Å². The van der Waals surface area contributed by atoms with E-state index >= 15 is 0 Å². The zero-order valence-corrected chi connectivity index (χ0v) is 13.5. The number of pyridine rings is 1. The highest BCUT2D eigenvalue weighted by molar-refractivity contribution is 5.25. The summed E-state index contributed by atoms with van der Waals surface area (Å²) in [6.07, 6.45) is 3.09. The van der Waals surface area contributed by atoms with E-state index < -0.39 is 0 Å². The van der Waals surface area contributed by atoms with Gasteiger partial charge in [0.1, 0.15) is 6.10 Å². The molecular formula is C17H28N2O2. The number of hydrogen-bond acceptors (Lipinski definition) is 4. The molecule has 0 aromatic carbocycles. The van der Waals surface area contributed by atoms with E-state index in [1.807, 2.05) is 0 Å². The van der Waals surface area contributed by atoms with Gasteiger partial charge in [-0.3, -0.25) is 0 Å². The number of rotatable bonds is 7. The molecule has 0 unspecified atom stereocenters. The maximum atomic E-state index is 6.05. The quantitative estimate of drug-likeness (QED) is 0.839. The van der Waals surface area contributed by atoms with Gasteiger partial charge < -0.3 is 14.8 Å². The number of ether oxygens (including phenoxy) is 2. The summed E-state index contributed by atoms with van der Waals surface area (Å²) in [5.74, 6) is 1.43. The molecule has 1 aliphatic rings. The molecule has 0 aliphatic carbocycles. The summed E-state index contributed by atoms with van der Waals surface area (Å²) in [7, 11) is 0. The summed E-state index contributed by atoms with van der Waals surface area (Å²) in [4.78, 5) is 4.60. The van der Waals surface area contributed by atoms with Crippen LogP contribution in [0.3, 0.4) is 0 Å². The first-order valence-corrected chi connectivity index (χ1v) is 8.12. The monoisotopic (exact) mass is 292 g/mol. The van der Waals surface area contributed by atoms with E-state index in [0.29, 0.717) is 5.92 Å². The van der Waals surface area contributed by atoms with Gasteiger partial charge in [-0.1, -0.05) is 20.8 Å². The van der Waals surface area contributed by atoms with Crippen LogP contribution < -0.4 is 10.1 Å².